The number of ether oxygens (including phenoxy) is 1. The molecule has 0 spiro atoms. The SMILES string of the molecule is Clc1cc(Br)cc2c(N3CCOC(Cn4cccn4)C3)ccnc12. The van der Waals surface area contributed by atoms with Crippen molar-refractivity contribution in [1.29, 1.82) is 0 Å². The smallest absolute Gasteiger partial charge is 0.0946 e. The molecule has 0 saturated carbocycles. The van der Waals surface area contributed by atoms with Gasteiger partial charge in [0.25, 0.3) is 0 Å². The Morgan fingerprint density at radius 3 is 3.08 bits per heavy atom. The summed E-state index contributed by atoms with van der Waals surface area (Å²) in [5.41, 5.74) is 1.96. The molecule has 3 heterocycles. The first-order valence-electron chi connectivity index (χ1n) is 7.78. The third-order valence-corrected chi connectivity index (χ3v) is 4.92. The van der Waals surface area contributed by atoms with E-state index in [1.54, 1.807) is 6.20 Å². The van der Waals surface area contributed by atoms with Crippen LogP contribution in [0.5, 0.6) is 0 Å². The fourth-order valence-corrected chi connectivity index (χ4v) is 3.96. The van der Waals surface area contributed by atoms with Gasteiger partial charge in [0.2, 0.25) is 0 Å². The predicted molar refractivity (Wildman–Crippen MR) is 98.6 cm³/mol. The summed E-state index contributed by atoms with van der Waals surface area (Å²) in [6.45, 7) is 3.09. The van der Waals surface area contributed by atoms with Gasteiger partial charge in [-0.15, -0.1) is 0 Å². The summed E-state index contributed by atoms with van der Waals surface area (Å²) >= 11 is 9.88. The molecule has 124 valence electrons. The molecule has 1 unspecified atom stereocenters. The summed E-state index contributed by atoms with van der Waals surface area (Å²) in [4.78, 5) is 6.77. The minimum absolute atomic E-state index is 0.101. The van der Waals surface area contributed by atoms with Crippen molar-refractivity contribution in [2.45, 2.75) is 12.6 Å². The monoisotopic (exact) mass is 406 g/mol. The van der Waals surface area contributed by atoms with Crippen LogP contribution >= 0.6 is 27.5 Å². The van der Waals surface area contributed by atoms with E-state index >= 15 is 0 Å². The van der Waals surface area contributed by atoms with Gasteiger partial charge in [-0.25, -0.2) is 0 Å². The molecule has 0 radical (unpaired) electrons. The van der Waals surface area contributed by atoms with Gasteiger partial charge in [0.1, 0.15) is 0 Å². The Labute approximate surface area is 153 Å². The molecule has 0 aliphatic carbocycles. The number of halogens is 2. The molecule has 0 amide bonds. The number of hydrogen-bond acceptors (Lipinski definition) is 4. The van der Waals surface area contributed by atoms with Crippen molar-refractivity contribution in [3.05, 3.63) is 52.4 Å². The van der Waals surface area contributed by atoms with Crippen molar-refractivity contribution >= 4 is 44.1 Å². The maximum absolute atomic E-state index is 6.35. The lowest BCUT2D eigenvalue weighted by Crippen LogP contribution is -2.44. The second-order valence-corrected chi connectivity index (χ2v) is 7.10. The average Bonchev–Trinajstić information content (AvgIpc) is 3.07. The molecule has 5 nitrogen and oxygen atoms in total. The molecule has 1 aliphatic rings. The highest BCUT2D eigenvalue weighted by Gasteiger charge is 2.23. The number of nitrogens with zero attached hydrogens (tertiary/aromatic N) is 4. The van der Waals surface area contributed by atoms with Gasteiger partial charge >= 0.3 is 0 Å². The van der Waals surface area contributed by atoms with Gasteiger partial charge in [-0.1, -0.05) is 27.5 Å². The molecule has 1 aromatic carbocycles. The molecule has 1 fully saturated rings. The van der Waals surface area contributed by atoms with Crippen LogP contribution in [-0.2, 0) is 11.3 Å². The Bertz CT molecular complexity index is 855. The largest absolute Gasteiger partial charge is 0.373 e. The number of morpholine rings is 1. The number of rotatable bonds is 3. The molecular weight excluding hydrogens is 392 g/mol. The lowest BCUT2D eigenvalue weighted by molar-refractivity contribution is 0.0275. The van der Waals surface area contributed by atoms with E-state index in [0.29, 0.717) is 11.6 Å². The quantitative estimate of drug-likeness (QED) is 0.663. The van der Waals surface area contributed by atoms with Crippen LogP contribution in [-0.4, -0.2) is 40.6 Å². The van der Waals surface area contributed by atoms with E-state index in [-0.39, 0.29) is 6.10 Å². The third-order valence-electron chi connectivity index (χ3n) is 4.17. The summed E-state index contributed by atoms with van der Waals surface area (Å²) in [6.07, 6.45) is 5.66. The molecule has 3 aromatic rings. The van der Waals surface area contributed by atoms with Gasteiger partial charge in [-0.3, -0.25) is 9.67 Å². The number of fused-ring (bicyclic) bond motifs is 1. The fraction of sp³-hybridized carbons (Fsp3) is 0.294. The minimum Gasteiger partial charge on any atom is -0.373 e. The summed E-state index contributed by atoms with van der Waals surface area (Å²) < 4.78 is 8.77. The van der Waals surface area contributed by atoms with E-state index in [0.717, 1.165) is 40.7 Å². The Morgan fingerprint density at radius 2 is 2.25 bits per heavy atom. The van der Waals surface area contributed by atoms with Gasteiger partial charge in [0, 0.05) is 47.2 Å². The summed E-state index contributed by atoms with van der Waals surface area (Å²) in [5.74, 6) is 0. The zero-order chi connectivity index (χ0) is 16.5. The lowest BCUT2D eigenvalue weighted by Gasteiger charge is -2.35. The Balaban J connectivity index is 1.64. The van der Waals surface area contributed by atoms with Crippen LogP contribution in [0.1, 0.15) is 0 Å². The van der Waals surface area contributed by atoms with E-state index < -0.39 is 0 Å². The van der Waals surface area contributed by atoms with Gasteiger partial charge in [0.15, 0.2) is 0 Å². The molecule has 4 rings (SSSR count). The van der Waals surface area contributed by atoms with E-state index in [4.69, 9.17) is 16.3 Å². The number of aromatic nitrogens is 3. The first-order chi connectivity index (χ1) is 11.7. The van der Waals surface area contributed by atoms with Crippen molar-refractivity contribution in [1.82, 2.24) is 14.8 Å². The predicted octanol–water partition coefficient (Wildman–Crippen LogP) is 3.75. The first-order valence-corrected chi connectivity index (χ1v) is 8.95. The molecule has 0 N–H and O–H groups in total. The van der Waals surface area contributed by atoms with Gasteiger partial charge in [-0.05, 0) is 24.3 Å². The van der Waals surface area contributed by atoms with Gasteiger partial charge in [-0.2, -0.15) is 5.10 Å². The summed E-state index contributed by atoms with van der Waals surface area (Å²) in [5, 5.41) is 5.97. The highest BCUT2D eigenvalue weighted by Crippen LogP contribution is 2.33. The van der Waals surface area contributed by atoms with Crippen molar-refractivity contribution in [3.8, 4) is 0 Å². The average molecular weight is 408 g/mol. The maximum Gasteiger partial charge on any atom is 0.0946 e. The highest BCUT2D eigenvalue weighted by molar-refractivity contribution is 9.10. The van der Waals surface area contributed by atoms with Gasteiger partial charge < -0.3 is 9.64 Å². The molecular formula is C17H16BrClN4O. The van der Waals surface area contributed by atoms with Crippen molar-refractivity contribution < 1.29 is 4.74 Å². The van der Waals surface area contributed by atoms with Crippen molar-refractivity contribution in [2.24, 2.45) is 0 Å². The first kappa shape index (κ1) is 15.9. The standard InChI is InChI=1S/C17H16BrClN4O/c18-12-8-14-16(2-4-20-17(14)15(19)9-12)22-6-7-24-13(10-22)11-23-5-1-3-21-23/h1-5,8-9,13H,6-7,10-11H2. The van der Waals surface area contributed by atoms with E-state index in [1.807, 2.05) is 35.3 Å². The zero-order valence-corrected chi connectivity index (χ0v) is 15.2. The van der Waals surface area contributed by atoms with Crippen LogP contribution < -0.4 is 4.90 Å². The maximum atomic E-state index is 6.35. The Kier molecular flexibility index (Phi) is 4.43. The van der Waals surface area contributed by atoms with Crippen LogP contribution in [0.4, 0.5) is 5.69 Å². The van der Waals surface area contributed by atoms with Crippen LogP contribution in [0.3, 0.4) is 0 Å². The van der Waals surface area contributed by atoms with Crippen molar-refractivity contribution in [2.75, 3.05) is 24.6 Å². The molecule has 1 aliphatic heterocycles. The van der Waals surface area contributed by atoms with Crippen LogP contribution in [0.2, 0.25) is 5.02 Å². The van der Waals surface area contributed by atoms with Crippen LogP contribution in [0.25, 0.3) is 10.9 Å². The number of hydrogen-bond donors (Lipinski definition) is 0. The number of pyridine rings is 1. The second-order valence-electron chi connectivity index (χ2n) is 5.78. The van der Waals surface area contributed by atoms with E-state index in [1.165, 1.54) is 0 Å². The number of anilines is 1. The second kappa shape index (κ2) is 6.70. The zero-order valence-electron chi connectivity index (χ0n) is 12.9. The van der Waals surface area contributed by atoms with E-state index in [9.17, 15) is 0 Å². The summed E-state index contributed by atoms with van der Waals surface area (Å²) in [6, 6.07) is 7.92. The molecule has 0 bridgehead atoms. The lowest BCUT2D eigenvalue weighted by atomic mass is 10.1. The Hall–Kier alpha value is -1.63. The fourth-order valence-electron chi connectivity index (χ4n) is 3.11. The van der Waals surface area contributed by atoms with Crippen molar-refractivity contribution in [3.63, 3.8) is 0 Å². The molecule has 2 aromatic heterocycles. The molecule has 24 heavy (non-hydrogen) atoms. The summed E-state index contributed by atoms with van der Waals surface area (Å²) in [7, 11) is 0. The molecule has 7 heteroatoms. The third kappa shape index (κ3) is 3.14. The van der Waals surface area contributed by atoms with Gasteiger partial charge in [0.05, 0.1) is 29.8 Å². The topological polar surface area (TPSA) is 43.2 Å². The highest BCUT2D eigenvalue weighted by atomic mass is 79.9. The number of benzene rings is 1. The molecule has 1 saturated heterocycles. The van der Waals surface area contributed by atoms with Crippen LogP contribution in [0.15, 0.2) is 47.3 Å². The minimum atomic E-state index is 0.101. The van der Waals surface area contributed by atoms with E-state index in [2.05, 4.69) is 37.0 Å². The molecule has 1 atom stereocenters. The van der Waals surface area contributed by atoms with Crippen LogP contribution in [0, 0.1) is 0 Å². The Morgan fingerprint density at radius 1 is 1.33 bits per heavy atom. The normalized spacial score (nSPS) is 18.2.